The molecule has 3 rings (SSSR count). The van der Waals surface area contributed by atoms with Crippen LogP contribution in [0.2, 0.25) is 0 Å². The molecule has 0 bridgehead atoms. The van der Waals surface area contributed by atoms with Crippen LogP contribution in [-0.4, -0.2) is 37.3 Å². The number of ether oxygens (including phenoxy) is 2. The molecule has 5 heteroatoms. The number of hydrogen-bond donors (Lipinski definition) is 2. The molecular weight excluding hydrogens is 280 g/mol. The lowest BCUT2D eigenvalue weighted by Crippen LogP contribution is -2.39. The molecule has 0 saturated heterocycles. The molecule has 0 atom stereocenters. The van der Waals surface area contributed by atoms with Gasteiger partial charge in [-0.25, -0.2) is 0 Å². The number of nitrogens with one attached hydrogen (secondary N) is 2. The summed E-state index contributed by atoms with van der Waals surface area (Å²) >= 11 is 0. The van der Waals surface area contributed by atoms with Gasteiger partial charge in [-0.15, -0.1) is 0 Å². The third-order valence-corrected chi connectivity index (χ3v) is 4.42. The smallest absolute Gasteiger partial charge is 0.267 e. The molecule has 0 radical (unpaired) electrons. The van der Waals surface area contributed by atoms with Gasteiger partial charge in [0.1, 0.15) is 11.4 Å². The molecule has 1 aliphatic carbocycles. The van der Waals surface area contributed by atoms with Crippen LogP contribution in [0.15, 0.2) is 24.3 Å². The highest BCUT2D eigenvalue weighted by atomic mass is 16.5. The van der Waals surface area contributed by atoms with Crippen LogP contribution < -0.4 is 10.1 Å². The molecule has 1 fully saturated rings. The first-order valence-corrected chi connectivity index (χ1v) is 7.70. The number of carbonyl (C=O) groups is 1. The summed E-state index contributed by atoms with van der Waals surface area (Å²) in [4.78, 5) is 15.5. The van der Waals surface area contributed by atoms with E-state index in [1.165, 1.54) is 0 Å². The average Bonchev–Trinajstić information content (AvgIpc) is 2.98. The van der Waals surface area contributed by atoms with Gasteiger partial charge in [0.05, 0.1) is 13.2 Å². The van der Waals surface area contributed by atoms with E-state index in [0.717, 1.165) is 42.3 Å². The zero-order chi connectivity index (χ0) is 15.5. The van der Waals surface area contributed by atoms with Crippen molar-refractivity contribution in [3.8, 4) is 5.75 Å². The van der Waals surface area contributed by atoms with Crippen LogP contribution in [0.1, 0.15) is 36.2 Å². The highest BCUT2D eigenvalue weighted by Gasteiger charge is 2.23. The molecule has 1 aliphatic rings. The van der Waals surface area contributed by atoms with Crippen LogP contribution in [-0.2, 0) is 4.74 Å². The maximum Gasteiger partial charge on any atom is 0.267 e. The maximum absolute atomic E-state index is 12.4. The number of benzene rings is 1. The summed E-state index contributed by atoms with van der Waals surface area (Å²) in [6, 6.07) is 7.83. The van der Waals surface area contributed by atoms with Crippen LogP contribution in [0.3, 0.4) is 0 Å². The molecule has 0 unspecified atom stereocenters. The van der Waals surface area contributed by atoms with Crippen molar-refractivity contribution in [2.45, 2.75) is 37.8 Å². The third kappa shape index (κ3) is 3.09. The lowest BCUT2D eigenvalue weighted by atomic mass is 9.93. The summed E-state index contributed by atoms with van der Waals surface area (Å²) in [5.74, 6) is 0.743. The summed E-state index contributed by atoms with van der Waals surface area (Å²) in [6.45, 7) is 0. The number of carbonyl (C=O) groups excluding carboxylic acids is 1. The third-order valence-electron chi connectivity index (χ3n) is 4.42. The van der Waals surface area contributed by atoms with Crippen LogP contribution in [0.25, 0.3) is 10.9 Å². The van der Waals surface area contributed by atoms with E-state index < -0.39 is 0 Å². The summed E-state index contributed by atoms with van der Waals surface area (Å²) in [7, 11) is 3.39. The van der Waals surface area contributed by atoms with Crippen molar-refractivity contribution >= 4 is 16.8 Å². The van der Waals surface area contributed by atoms with E-state index >= 15 is 0 Å². The monoisotopic (exact) mass is 302 g/mol. The molecular formula is C17H22N2O3. The minimum Gasteiger partial charge on any atom is -0.497 e. The van der Waals surface area contributed by atoms with E-state index in [0.29, 0.717) is 11.8 Å². The lowest BCUT2D eigenvalue weighted by molar-refractivity contribution is 0.0598. The van der Waals surface area contributed by atoms with Gasteiger partial charge in [0.25, 0.3) is 5.91 Å². The number of aromatic nitrogens is 1. The van der Waals surface area contributed by atoms with Gasteiger partial charge in [-0.1, -0.05) is 0 Å². The number of H-pyrrole nitrogens is 1. The lowest BCUT2D eigenvalue weighted by Gasteiger charge is -2.28. The summed E-state index contributed by atoms with van der Waals surface area (Å²) in [5, 5.41) is 4.09. The van der Waals surface area contributed by atoms with E-state index in [4.69, 9.17) is 9.47 Å². The minimum absolute atomic E-state index is 0.0453. The van der Waals surface area contributed by atoms with Gasteiger partial charge >= 0.3 is 0 Å². The van der Waals surface area contributed by atoms with Gasteiger partial charge in [0.2, 0.25) is 0 Å². The molecule has 2 aromatic rings. The van der Waals surface area contributed by atoms with Crippen LogP contribution >= 0.6 is 0 Å². The second kappa shape index (κ2) is 6.40. The predicted octanol–water partition coefficient (Wildman–Crippen LogP) is 2.86. The molecule has 1 heterocycles. The fourth-order valence-corrected chi connectivity index (χ4v) is 3.07. The number of methoxy groups -OCH3 is 2. The highest BCUT2D eigenvalue weighted by Crippen LogP contribution is 2.23. The Morgan fingerprint density at radius 1 is 1.18 bits per heavy atom. The number of rotatable bonds is 4. The Labute approximate surface area is 130 Å². The van der Waals surface area contributed by atoms with E-state index in [1.807, 2.05) is 24.3 Å². The Balaban J connectivity index is 1.67. The Morgan fingerprint density at radius 2 is 1.95 bits per heavy atom. The van der Waals surface area contributed by atoms with E-state index in [1.54, 1.807) is 14.2 Å². The topological polar surface area (TPSA) is 63.4 Å². The van der Waals surface area contributed by atoms with Crippen molar-refractivity contribution in [3.63, 3.8) is 0 Å². The Bertz CT molecular complexity index is 657. The summed E-state index contributed by atoms with van der Waals surface area (Å²) in [6.07, 6.45) is 4.29. The van der Waals surface area contributed by atoms with Gasteiger partial charge in [0.15, 0.2) is 0 Å². The van der Waals surface area contributed by atoms with Gasteiger partial charge in [-0.3, -0.25) is 4.79 Å². The molecule has 1 amide bonds. The molecule has 1 saturated carbocycles. The predicted molar refractivity (Wildman–Crippen MR) is 85.4 cm³/mol. The van der Waals surface area contributed by atoms with Crippen molar-refractivity contribution in [2.75, 3.05) is 14.2 Å². The molecule has 5 nitrogen and oxygen atoms in total. The molecule has 2 N–H and O–H groups in total. The average molecular weight is 302 g/mol. The molecule has 1 aromatic carbocycles. The molecule has 22 heavy (non-hydrogen) atoms. The largest absolute Gasteiger partial charge is 0.497 e. The number of hydrogen-bond acceptors (Lipinski definition) is 3. The van der Waals surface area contributed by atoms with Gasteiger partial charge in [0, 0.05) is 24.1 Å². The maximum atomic E-state index is 12.4. The molecule has 0 spiro atoms. The normalized spacial score (nSPS) is 21.7. The fourth-order valence-electron chi connectivity index (χ4n) is 3.07. The summed E-state index contributed by atoms with van der Waals surface area (Å²) in [5.41, 5.74) is 1.53. The van der Waals surface area contributed by atoms with Crippen molar-refractivity contribution in [1.82, 2.24) is 10.3 Å². The highest BCUT2D eigenvalue weighted by molar-refractivity contribution is 5.98. The number of amides is 1. The Morgan fingerprint density at radius 3 is 2.64 bits per heavy atom. The first-order valence-electron chi connectivity index (χ1n) is 7.70. The van der Waals surface area contributed by atoms with Crippen molar-refractivity contribution < 1.29 is 14.3 Å². The SMILES string of the molecule is COc1ccc2[nH]c(C(=O)NC3CCC(OC)CC3)cc2c1. The zero-order valence-corrected chi connectivity index (χ0v) is 13.0. The molecule has 118 valence electrons. The Kier molecular flexibility index (Phi) is 4.34. The van der Waals surface area contributed by atoms with E-state index in [9.17, 15) is 4.79 Å². The fraction of sp³-hybridized carbons (Fsp3) is 0.471. The minimum atomic E-state index is -0.0453. The molecule has 0 aliphatic heterocycles. The second-order valence-corrected chi connectivity index (χ2v) is 5.82. The molecule has 1 aromatic heterocycles. The van der Waals surface area contributed by atoms with E-state index in [-0.39, 0.29) is 11.9 Å². The zero-order valence-electron chi connectivity index (χ0n) is 13.0. The van der Waals surface area contributed by atoms with Crippen LogP contribution in [0, 0.1) is 0 Å². The number of fused-ring (bicyclic) bond motifs is 1. The van der Waals surface area contributed by atoms with Gasteiger partial charge in [-0.05, 0) is 49.9 Å². The van der Waals surface area contributed by atoms with Gasteiger partial charge < -0.3 is 19.8 Å². The quantitative estimate of drug-likeness (QED) is 0.913. The number of aromatic amines is 1. The van der Waals surface area contributed by atoms with Crippen LogP contribution in [0.4, 0.5) is 0 Å². The first-order chi connectivity index (χ1) is 10.7. The van der Waals surface area contributed by atoms with Crippen molar-refractivity contribution in [1.29, 1.82) is 0 Å². The van der Waals surface area contributed by atoms with E-state index in [2.05, 4.69) is 10.3 Å². The standard InChI is InChI=1S/C17H22N2O3/c1-21-13-5-3-12(4-6-13)18-17(20)16-10-11-9-14(22-2)7-8-15(11)19-16/h7-10,12-13,19H,3-6H2,1-2H3,(H,18,20). The van der Waals surface area contributed by atoms with Crippen molar-refractivity contribution in [2.24, 2.45) is 0 Å². The Hall–Kier alpha value is -2.01. The van der Waals surface area contributed by atoms with Gasteiger partial charge in [-0.2, -0.15) is 0 Å². The second-order valence-electron chi connectivity index (χ2n) is 5.82. The first kappa shape index (κ1) is 14.9. The summed E-state index contributed by atoms with van der Waals surface area (Å²) < 4.78 is 10.6. The van der Waals surface area contributed by atoms with Crippen molar-refractivity contribution in [3.05, 3.63) is 30.0 Å². The van der Waals surface area contributed by atoms with Crippen LogP contribution in [0.5, 0.6) is 5.75 Å².